The maximum atomic E-state index is 12.9. The fourth-order valence-corrected chi connectivity index (χ4v) is 4.73. The monoisotopic (exact) mass is 349 g/mol. The lowest BCUT2D eigenvalue weighted by Crippen LogP contribution is -2.27. The third-order valence-electron chi connectivity index (χ3n) is 4.59. The van der Waals surface area contributed by atoms with Gasteiger partial charge in [0.05, 0.1) is 4.90 Å². The Kier molecular flexibility index (Phi) is 4.15. The molecule has 0 amide bonds. The summed E-state index contributed by atoms with van der Waals surface area (Å²) in [5.74, 6) is 0.264. The Bertz CT molecular complexity index is 969. The second kappa shape index (κ2) is 6.47. The lowest BCUT2D eigenvalue weighted by Gasteiger charge is -2.12. The first kappa shape index (κ1) is 16.1. The molecule has 1 aliphatic carbocycles. The first-order valence-corrected chi connectivity index (χ1v) is 9.85. The largest absolute Gasteiger partial charge is 0.241 e. The summed E-state index contributed by atoms with van der Waals surface area (Å²) >= 11 is 0. The van der Waals surface area contributed by atoms with Gasteiger partial charge in [-0.2, -0.15) is 0 Å². The first-order chi connectivity index (χ1) is 12.1. The average Bonchev–Trinajstić information content (AvgIpc) is 3.41. The summed E-state index contributed by atoms with van der Waals surface area (Å²) in [5.41, 5.74) is 2.82. The van der Waals surface area contributed by atoms with E-state index in [0.29, 0.717) is 4.90 Å². The molecule has 0 aliphatic heterocycles. The first-order valence-electron chi connectivity index (χ1n) is 8.37. The van der Waals surface area contributed by atoms with Gasteiger partial charge in [0.1, 0.15) is 0 Å². The van der Waals surface area contributed by atoms with Gasteiger partial charge in [-0.1, -0.05) is 78.9 Å². The van der Waals surface area contributed by atoms with Gasteiger partial charge >= 0.3 is 0 Å². The van der Waals surface area contributed by atoms with Crippen molar-refractivity contribution in [3.63, 3.8) is 0 Å². The molecular formula is C21H19NO2S. The van der Waals surface area contributed by atoms with Gasteiger partial charge in [0, 0.05) is 17.5 Å². The molecular weight excluding hydrogens is 330 g/mol. The molecule has 126 valence electrons. The topological polar surface area (TPSA) is 46.2 Å². The van der Waals surface area contributed by atoms with Crippen LogP contribution in [0.2, 0.25) is 0 Å². The van der Waals surface area contributed by atoms with E-state index in [2.05, 4.69) is 16.9 Å². The maximum absolute atomic E-state index is 12.9. The molecule has 0 saturated heterocycles. The van der Waals surface area contributed by atoms with Gasteiger partial charge < -0.3 is 0 Å². The van der Waals surface area contributed by atoms with Gasteiger partial charge in [0.25, 0.3) is 0 Å². The fraction of sp³-hybridized carbons (Fsp3) is 0.143. The molecule has 0 bridgehead atoms. The SMILES string of the molecule is O=S(=O)(N[C@@H]1C[C@H]1c1ccccc1)c1ccccc1-c1ccccc1. The van der Waals surface area contributed by atoms with Gasteiger partial charge in [-0.3, -0.25) is 0 Å². The minimum absolute atomic E-state index is 0.0313. The molecule has 3 nitrogen and oxygen atoms in total. The molecule has 0 spiro atoms. The molecule has 0 aromatic heterocycles. The van der Waals surface area contributed by atoms with Crippen LogP contribution in [0.5, 0.6) is 0 Å². The van der Waals surface area contributed by atoms with Crippen molar-refractivity contribution in [1.82, 2.24) is 4.72 Å². The van der Waals surface area contributed by atoms with Crippen LogP contribution in [0.15, 0.2) is 89.8 Å². The van der Waals surface area contributed by atoms with Crippen LogP contribution in [-0.2, 0) is 10.0 Å². The molecule has 0 radical (unpaired) electrons. The summed E-state index contributed by atoms with van der Waals surface area (Å²) in [4.78, 5) is 0.333. The Morgan fingerprint density at radius 3 is 2.08 bits per heavy atom. The van der Waals surface area contributed by atoms with Crippen LogP contribution in [0.1, 0.15) is 17.9 Å². The van der Waals surface area contributed by atoms with Crippen LogP contribution in [0.3, 0.4) is 0 Å². The van der Waals surface area contributed by atoms with E-state index in [4.69, 9.17) is 0 Å². The van der Waals surface area contributed by atoms with Crippen LogP contribution in [0.25, 0.3) is 11.1 Å². The van der Waals surface area contributed by atoms with E-state index < -0.39 is 10.0 Å². The molecule has 4 rings (SSSR count). The Morgan fingerprint density at radius 2 is 1.36 bits per heavy atom. The maximum Gasteiger partial charge on any atom is 0.241 e. The number of nitrogens with one attached hydrogen (secondary N) is 1. The quantitative estimate of drug-likeness (QED) is 0.751. The fourth-order valence-electron chi connectivity index (χ4n) is 3.21. The smallest absolute Gasteiger partial charge is 0.207 e. The summed E-state index contributed by atoms with van der Waals surface area (Å²) in [5, 5.41) is 0. The zero-order valence-electron chi connectivity index (χ0n) is 13.7. The number of benzene rings is 3. The van der Waals surface area contributed by atoms with Crippen molar-refractivity contribution in [2.24, 2.45) is 0 Å². The molecule has 1 saturated carbocycles. The zero-order chi connectivity index (χ0) is 17.3. The predicted octanol–water partition coefficient (Wildman–Crippen LogP) is 4.19. The Hall–Kier alpha value is -2.43. The van der Waals surface area contributed by atoms with Gasteiger partial charge in [0.15, 0.2) is 0 Å². The van der Waals surface area contributed by atoms with Crippen molar-refractivity contribution in [3.05, 3.63) is 90.5 Å². The van der Waals surface area contributed by atoms with Crippen molar-refractivity contribution in [2.45, 2.75) is 23.3 Å². The summed E-state index contributed by atoms with van der Waals surface area (Å²) < 4.78 is 28.8. The molecule has 0 unspecified atom stereocenters. The summed E-state index contributed by atoms with van der Waals surface area (Å²) in [6.07, 6.45) is 0.844. The third-order valence-corrected chi connectivity index (χ3v) is 6.13. The summed E-state index contributed by atoms with van der Waals surface area (Å²) in [7, 11) is -3.57. The normalized spacial score (nSPS) is 19.5. The highest BCUT2D eigenvalue weighted by Crippen LogP contribution is 2.41. The minimum Gasteiger partial charge on any atom is -0.207 e. The number of sulfonamides is 1. The summed E-state index contributed by atoms with van der Waals surface area (Å²) in [6.45, 7) is 0. The molecule has 3 aromatic rings. The third kappa shape index (κ3) is 3.36. The second-order valence-electron chi connectivity index (χ2n) is 6.34. The molecule has 2 atom stereocenters. The minimum atomic E-state index is -3.57. The van der Waals surface area contributed by atoms with Crippen molar-refractivity contribution in [3.8, 4) is 11.1 Å². The highest BCUT2D eigenvalue weighted by Gasteiger charge is 2.41. The average molecular weight is 349 g/mol. The molecule has 1 aliphatic rings. The lowest BCUT2D eigenvalue weighted by molar-refractivity contribution is 0.580. The molecule has 0 heterocycles. The number of rotatable bonds is 5. The predicted molar refractivity (Wildman–Crippen MR) is 99.8 cm³/mol. The Balaban J connectivity index is 1.60. The second-order valence-corrected chi connectivity index (χ2v) is 8.03. The Morgan fingerprint density at radius 1 is 0.760 bits per heavy atom. The number of hydrogen-bond donors (Lipinski definition) is 1. The highest BCUT2D eigenvalue weighted by molar-refractivity contribution is 7.89. The van der Waals surface area contributed by atoms with Crippen molar-refractivity contribution < 1.29 is 8.42 Å². The van der Waals surface area contributed by atoms with Gasteiger partial charge in [-0.15, -0.1) is 0 Å². The molecule has 3 aromatic carbocycles. The van der Waals surface area contributed by atoms with E-state index in [1.54, 1.807) is 12.1 Å². The standard InChI is InChI=1S/C21H19NO2S/c23-25(24,22-20-15-19(20)17-11-5-2-6-12-17)21-14-8-7-13-18(21)16-9-3-1-4-10-16/h1-14,19-20,22H,15H2/t19-,20+/m0/s1. The van der Waals surface area contributed by atoms with E-state index in [0.717, 1.165) is 17.5 Å². The van der Waals surface area contributed by atoms with Crippen LogP contribution in [0, 0.1) is 0 Å². The van der Waals surface area contributed by atoms with E-state index in [1.807, 2.05) is 60.7 Å². The van der Waals surface area contributed by atoms with Crippen molar-refractivity contribution in [2.75, 3.05) is 0 Å². The van der Waals surface area contributed by atoms with Crippen LogP contribution < -0.4 is 4.72 Å². The van der Waals surface area contributed by atoms with Gasteiger partial charge in [-0.25, -0.2) is 13.1 Å². The van der Waals surface area contributed by atoms with E-state index in [1.165, 1.54) is 5.56 Å². The lowest BCUT2D eigenvalue weighted by atomic mass is 10.1. The molecule has 1 N–H and O–H groups in total. The number of hydrogen-bond acceptors (Lipinski definition) is 2. The van der Waals surface area contributed by atoms with Crippen molar-refractivity contribution >= 4 is 10.0 Å². The molecule has 4 heteroatoms. The van der Waals surface area contributed by atoms with E-state index >= 15 is 0 Å². The highest BCUT2D eigenvalue weighted by atomic mass is 32.2. The van der Waals surface area contributed by atoms with Crippen LogP contribution >= 0.6 is 0 Å². The zero-order valence-corrected chi connectivity index (χ0v) is 14.5. The van der Waals surface area contributed by atoms with Gasteiger partial charge in [0.2, 0.25) is 10.0 Å². The molecule has 1 fully saturated rings. The van der Waals surface area contributed by atoms with Crippen molar-refractivity contribution in [1.29, 1.82) is 0 Å². The Labute approximate surface area is 148 Å². The van der Waals surface area contributed by atoms with Crippen LogP contribution in [-0.4, -0.2) is 14.5 Å². The molecule has 25 heavy (non-hydrogen) atoms. The van der Waals surface area contributed by atoms with E-state index in [9.17, 15) is 8.42 Å². The van der Waals surface area contributed by atoms with Gasteiger partial charge in [-0.05, 0) is 23.6 Å². The summed E-state index contributed by atoms with van der Waals surface area (Å²) in [6, 6.07) is 26.8. The van der Waals surface area contributed by atoms with Crippen LogP contribution in [0.4, 0.5) is 0 Å². The van der Waals surface area contributed by atoms with E-state index in [-0.39, 0.29) is 12.0 Å².